The Bertz CT molecular complexity index is 587. The minimum atomic E-state index is -0.412. The van der Waals surface area contributed by atoms with E-state index in [1.807, 2.05) is 6.92 Å². The second-order valence-electron chi connectivity index (χ2n) is 4.69. The van der Waals surface area contributed by atoms with E-state index in [0.717, 1.165) is 6.42 Å². The summed E-state index contributed by atoms with van der Waals surface area (Å²) in [5.74, 6) is -0.725. The van der Waals surface area contributed by atoms with Gasteiger partial charge in [-0.15, -0.1) is 0 Å². The zero-order valence-electron chi connectivity index (χ0n) is 13.1. The van der Waals surface area contributed by atoms with E-state index in [1.54, 1.807) is 31.2 Å². The van der Waals surface area contributed by atoms with Gasteiger partial charge in [-0.2, -0.15) is 0 Å². The molecule has 124 valence electrons. The molecule has 4 N–H and O–H groups in total. The summed E-state index contributed by atoms with van der Waals surface area (Å²) in [6, 6.07) is 6.43. The van der Waals surface area contributed by atoms with Crippen molar-refractivity contribution >= 4 is 40.7 Å². The van der Waals surface area contributed by atoms with E-state index in [2.05, 4.69) is 21.5 Å². The first-order valence-corrected chi connectivity index (χ1v) is 7.67. The van der Waals surface area contributed by atoms with Gasteiger partial charge in [0.25, 0.3) is 5.91 Å². The van der Waals surface area contributed by atoms with Crippen LogP contribution in [0.5, 0.6) is 0 Å². The summed E-state index contributed by atoms with van der Waals surface area (Å²) in [5, 5.41) is 5.15. The average Bonchev–Trinajstić information content (AvgIpc) is 2.53. The molecule has 8 heteroatoms. The van der Waals surface area contributed by atoms with Crippen LogP contribution < -0.4 is 21.5 Å². The molecule has 3 amide bonds. The fraction of sp³-hybridized carbons (Fsp3) is 0.333. The highest BCUT2D eigenvalue weighted by atomic mass is 32.1. The largest absolute Gasteiger partial charge is 0.326 e. The molecule has 23 heavy (non-hydrogen) atoms. The zero-order valence-corrected chi connectivity index (χ0v) is 13.9. The Balaban J connectivity index is 2.49. The first-order valence-electron chi connectivity index (χ1n) is 7.26. The number of hydrazine groups is 1. The highest BCUT2D eigenvalue weighted by Gasteiger charge is 2.07. The molecule has 0 saturated heterocycles. The van der Waals surface area contributed by atoms with Crippen LogP contribution in [-0.4, -0.2) is 22.8 Å². The predicted octanol–water partition coefficient (Wildman–Crippen LogP) is 1.47. The Morgan fingerprint density at radius 1 is 1.00 bits per heavy atom. The van der Waals surface area contributed by atoms with E-state index in [-0.39, 0.29) is 16.9 Å². The van der Waals surface area contributed by atoms with Crippen LogP contribution in [-0.2, 0) is 9.59 Å². The lowest BCUT2D eigenvalue weighted by Gasteiger charge is -2.10. The van der Waals surface area contributed by atoms with Crippen LogP contribution in [0, 0.1) is 0 Å². The molecule has 7 nitrogen and oxygen atoms in total. The summed E-state index contributed by atoms with van der Waals surface area (Å²) in [7, 11) is 0. The molecule has 0 unspecified atom stereocenters. The van der Waals surface area contributed by atoms with Gasteiger partial charge in [-0.3, -0.25) is 25.2 Å². The van der Waals surface area contributed by atoms with Crippen LogP contribution in [0.25, 0.3) is 0 Å². The molecule has 1 aromatic carbocycles. The molecule has 0 spiro atoms. The Labute approximate surface area is 140 Å². The molecule has 0 bridgehead atoms. The molecular weight excluding hydrogens is 316 g/mol. The molecule has 0 aliphatic carbocycles. The summed E-state index contributed by atoms with van der Waals surface area (Å²) in [5.41, 5.74) is 5.83. The smallest absolute Gasteiger partial charge is 0.269 e. The van der Waals surface area contributed by atoms with Crippen molar-refractivity contribution in [2.75, 3.05) is 5.32 Å². The topological polar surface area (TPSA) is 99.3 Å². The number of benzene rings is 1. The summed E-state index contributed by atoms with van der Waals surface area (Å²) < 4.78 is 0. The quantitative estimate of drug-likeness (QED) is 0.482. The first kappa shape index (κ1) is 18.6. The summed E-state index contributed by atoms with van der Waals surface area (Å²) in [4.78, 5) is 34.5. The monoisotopic (exact) mass is 336 g/mol. The number of thiocarbonyl (C=S) groups is 1. The number of carbonyl (C=O) groups is 3. The van der Waals surface area contributed by atoms with Gasteiger partial charge in [-0.05, 0) is 42.9 Å². The Kier molecular flexibility index (Phi) is 7.69. The summed E-state index contributed by atoms with van der Waals surface area (Å²) >= 11 is 4.85. The molecule has 0 aliphatic rings. The predicted molar refractivity (Wildman–Crippen MR) is 91.6 cm³/mol. The third-order valence-corrected chi connectivity index (χ3v) is 2.98. The fourth-order valence-electron chi connectivity index (χ4n) is 1.59. The van der Waals surface area contributed by atoms with Gasteiger partial charge < -0.3 is 10.6 Å². The van der Waals surface area contributed by atoms with Gasteiger partial charge in [0.2, 0.25) is 11.8 Å². The third-order valence-electron chi connectivity index (χ3n) is 2.77. The summed E-state index contributed by atoms with van der Waals surface area (Å²) in [6.45, 7) is 3.62. The number of hydrogen-bond acceptors (Lipinski definition) is 4. The lowest BCUT2D eigenvalue weighted by Crippen LogP contribution is -2.48. The highest BCUT2D eigenvalue weighted by Crippen LogP contribution is 2.10. The van der Waals surface area contributed by atoms with Crippen molar-refractivity contribution in [2.45, 2.75) is 33.1 Å². The number of nitrogens with one attached hydrogen (secondary N) is 4. The average molecular weight is 336 g/mol. The molecular formula is C15H20N4O3S. The van der Waals surface area contributed by atoms with Crippen molar-refractivity contribution in [3.63, 3.8) is 0 Å². The molecule has 0 atom stereocenters. The van der Waals surface area contributed by atoms with Crippen LogP contribution in [0.15, 0.2) is 24.3 Å². The Morgan fingerprint density at radius 2 is 1.65 bits per heavy atom. The van der Waals surface area contributed by atoms with Gasteiger partial charge in [0.05, 0.1) is 0 Å². The van der Waals surface area contributed by atoms with Crippen molar-refractivity contribution in [1.29, 1.82) is 0 Å². The Hall–Kier alpha value is -2.48. The van der Waals surface area contributed by atoms with Crippen molar-refractivity contribution in [3.05, 3.63) is 29.8 Å². The van der Waals surface area contributed by atoms with Gasteiger partial charge in [-0.1, -0.05) is 13.8 Å². The van der Waals surface area contributed by atoms with Gasteiger partial charge in [0.15, 0.2) is 5.11 Å². The van der Waals surface area contributed by atoms with E-state index < -0.39 is 5.91 Å². The normalized spacial score (nSPS) is 9.65. The standard InChI is InChI=1S/C15H20N4O3S/c1-3-5-13(21)16-11-8-6-10(7-9-11)14(22)18-19-15(23)17-12(20)4-2/h6-9H,3-5H2,1-2H3,(H,16,21)(H,18,22)(H2,17,19,20,23). The molecule has 0 radical (unpaired) electrons. The first-order chi connectivity index (χ1) is 11.0. The fourth-order valence-corrected chi connectivity index (χ4v) is 1.75. The van der Waals surface area contributed by atoms with Crippen molar-refractivity contribution in [1.82, 2.24) is 16.2 Å². The number of rotatable bonds is 5. The van der Waals surface area contributed by atoms with Crippen LogP contribution in [0.2, 0.25) is 0 Å². The van der Waals surface area contributed by atoms with Crippen LogP contribution >= 0.6 is 12.2 Å². The lowest BCUT2D eigenvalue weighted by atomic mass is 10.2. The molecule has 0 aromatic heterocycles. The number of amides is 3. The lowest BCUT2D eigenvalue weighted by molar-refractivity contribution is -0.119. The molecule has 0 saturated carbocycles. The highest BCUT2D eigenvalue weighted by molar-refractivity contribution is 7.80. The maximum Gasteiger partial charge on any atom is 0.269 e. The van der Waals surface area contributed by atoms with Gasteiger partial charge in [0.1, 0.15) is 0 Å². The molecule has 1 rings (SSSR count). The van der Waals surface area contributed by atoms with E-state index in [0.29, 0.717) is 24.1 Å². The second-order valence-corrected chi connectivity index (χ2v) is 5.09. The molecule has 0 heterocycles. The third kappa shape index (κ3) is 6.88. The summed E-state index contributed by atoms with van der Waals surface area (Å²) in [6.07, 6.45) is 1.51. The van der Waals surface area contributed by atoms with Gasteiger partial charge >= 0.3 is 0 Å². The van der Waals surface area contributed by atoms with Crippen LogP contribution in [0.1, 0.15) is 43.5 Å². The zero-order chi connectivity index (χ0) is 17.2. The van der Waals surface area contributed by atoms with Crippen molar-refractivity contribution in [2.24, 2.45) is 0 Å². The van der Waals surface area contributed by atoms with E-state index in [1.165, 1.54) is 0 Å². The van der Waals surface area contributed by atoms with Crippen LogP contribution in [0.3, 0.4) is 0 Å². The number of hydrogen-bond donors (Lipinski definition) is 4. The van der Waals surface area contributed by atoms with Crippen molar-refractivity contribution < 1.29 is 14.4 Å². The van der Waals surface area contributed by atoms with Gasteiger partial charge in [-0.25, -0.2) is 0 Å². The van der Waals surface area contributed by atoms with E-state index in [4.69, 9.17) is 12.2 Å². The molecule has 0 aliphatic heterocycles. The van der Waals surface area contributed by atoms with Crippen molar-refractivity contribution in [3.8, 4) is 0 Å². The Morgan fingerprint density at radius 3 is 2.22 bits per heavy atom. The molecule has 0 fully saturated rings. The number of carbonyl (C=O) groups excluding carboxylic acids is 3. The van der Waals surface area contributed by atoms with Gasteiger partial charge in [0, 0.05) is 24.1 Å². The van der Waals surface area contributed by atoms with E-state index >= 15 is 0 Å². The second kappa shape index (κ2) is 9.52. The minimum absolute atomic E-state index is 0.0219. The number of anilines is 1. The van der Waals surface area contributed by atoms with E-state index in [9.17, 15) is 14.4 Å². The maximum absolute atomic E-state index is 11.9. The SMILES string of the molecule is CCCC(=O)Nc1ccc(C(=O)NNC(=S)NC(=O)CC)cc1. The maximum atomic E-state index is 11.9. The van der Waals surface area contributed by atoms with Crippen LogP contribution in [0.4, 0.5) is 5.69 Å². The minimum Gasteiger partial charge on any atom is -0.326 e. The molecule has 1 aromatic rings.